The maximum atomic E-state index is 12.2. The van der Waals surface area contributed by atoms with E-state index < -0.39 is 5.97 Å². The molecule has 3 rings (SSSR count). The van der Waals surface area contributed by atoms with Crippen molar-refractivity contribution in [3.8, 4) is 0 Å². The van der Waals surface area contributed by atoms with Gasteiger partial charge >= 0.3 is 5.97 Å². The summed E-state index contributed by atoms with van der Waals surface area (Å²) < 4.78 is 7.10. The van der Waals surface area contributed by atoms with Gasteiger partial charge in [-0.05, 0) is 51.2 Å². The molecular formula is C24H31N3O3. The van der Waals surface area contributed by atoms with Crippen LogP contribution in [0.4, 0.5) is 0 Å². The summed E-state index contributed by atoms with van der Waals surface area (Å²) >= 11 is 0. The third-order valence-electron chi connectivity index (χ3n) is 5.62. The van der Waals surface area contributed by atoms with Gasteiger partial charge in [0.2, 0.25) is 0 Å². The van der Waals surface area contributed by atoms with Crippen LogP contribution in [0.3, 0.4) is 0 Å². The van der Waals surface area contributed by atoms with Crippen LogP contribution < -0.4 is 0 Å². The van der Waals surface area contributed by atoms with Gasteiger partial charge in [0.05, 0.1) is 12.2 Å². The Morgan fingerprint density at radius 2 is 1.93 bits per heavy atom. The molecule has 1 aromatic heterocycles. The molecule has 30 heavy (non-hydrogen) atoms. The Hall–Kier alpha value is -2.89. The Kier molecular flexibility index (Phi) is 7.08. The number of hydrogen-bond donors (Lipinski definition) is 0. The Bertz CT molecular complexity index is 928. The van der Waals surface area contributed by atoms with Crippen molar-refractivity contribution >= 4 is 18.0 Å². The maximum absolute atomic E-state index is 12.2. The van der Waals surface area contributed by atoms with Crippen molar-refractivity contribution in [2.45, 2.75) is 47.1 Å². The Morgan fingerprint density at radius 3 is 2.63 bits per heavy atom. The van der Waals surface area contributed by atoms with Crippen molar-refractivity contribution in [1.82, 2.24) is 14.7 Å². The van der Waals surface area contributed by atoms with Crippen LogP contribution in [0.25, 0.3) is 6.08 Å². The minimum atomic E-state index is -0.515. The van der Waals surface area contributed by atoms with Gasteiger partial charge in [0.15, 0.2) is 6.61 Å². The minimum absolute atomic E-state index is 0.124. The third kappa shape index (κ3) is 5.59. The Morgan fingerprint density at radius 1 is 1.20 bits per heavy atom. The van der Waals surface area contributed by atoms with Gasteiger partial charge in [-0.25, -0.2) is 4.79 Å². The fourth-order valence-electron chi connectivity index (χ4n) is 3.81. The lowest BCUT2D eigenvalue weighted by molar-refractivity contribution is -0.149. The van der Waals surface area contributed by atoms with E-state index in [9.17, 15) is 9.59 Å². The second-order valence-corrected chi connectivity index (χ2v) is 8.26. The fraction of sp³-hybridized carbons (Fsp3) is 0.458. The number of aryl methyl sites for hydroxylation is 2. The monoisotopic (exact) mass is 409 g/mol. The molecule has 6 heteroatoms. The fourth-order valence-corrected chi connectivity index (χ4v) is 3.81. The molecular weight excluding hydrogens is 378 g/mol. The van der Waals surface area contributed by atoms with E-state index in [2.05, 4.69) is 43.2 Å². The predicted molar refractivity (Wildman–Crippen MR) is 117 cm³/mol. The molecule has 1 fully saturated rings. The van der Waals surface area contributed by atoms with Gasteiger partial charge in [0.25, 0.3) is 5.91 Å². The van der Waals surface area contributed by atoms with Crippen molar-refractivity contribution in [1.29, 1.82) is 0 Å². The number of carbonyl (C=O) groups is 2. The van der Waals surface area contributed by atoms with Gasteiger partial charge in [-0.3, -0.25) is 9.48 Å². The number of likely N-dealkylation sites (tertiary alicyclic amines) is 1. The van der Waals surface area contributed by atoms with Crippen LogP contribution in [0.5, 0.6) is 0 Å². The zero-order valence-corrected chi connectivity index (χ0v) is 18.4. The highest BCUT2D eigenvalue weighted by molar-refractivity contribution is 5.89. The van der Waals surface area contributed by atoms with Crippen LogP contribution in [0.15, 0.2) is 30.3 Å². The highest BCUT2D eigenvalue weighted by atomic mass is 16.5. The van der Waals surface area contributed by atoms with Crippen molar-refractivity contribution in [2.24, 2.45) is 5.92 Å². The summed E-state index contributed by atoms with van der Waals surface area (Å²) in [4.78, 5) is 26.1. The number of amides is 1. The molecule has 0 bridgehead atoms. The van der Waals surface area contributed by atoms with E-state index >= 15 is 0 Å². The molecule has 2 aromatic rings. The minimum Gasteiger partial charge on any atom is -0.452 e. The van der Waals surface area contributed by atoms with E-state index in [1.807, 2.05) is 18.5 Å². The van der Waals surface area contributed by atoms with Crippen molar-refractivity contribution in [3.63, 3.8) is 0 Å². The van der Waals surface area contributed by atoms with Gasteiger partial charge in [0.1, 0.15) is 0 Å². The molecule has 1 saturated heterocycles. The molecule has 6 nitrogen and oxygen atoms in total. The summed E-state index contributed by atoms with van der Waals surface area (Å²) in [6.07, 6.45) is 5.24. The number of hydrogen-bond acceptors (Lipinski definition) is 4. The lowest BCUT2D eigenvalue weighted by Gasteiger charge is -2.30. The van der Waals surface area contributed by atoms with Gasteiger partial charge in [-0.15, -0.1) is 0 Å². The summed E-state index contributed by atoms with van der Waals surface area (Å²) in [6.45, 7) is 10.1. The standard InChI is InChI=1S/C24H31N3O3/c1-17-7-9-21(10-8-17)15-27-20(4)22(19(3)25-27)11-12-24(29)30-16-23(28)26-13-5-6-18(2)14-26/h7-12,18H,5-6,13-16H2,1-4H3/b12-11+. The molecule has 1 amide bonds. The molecule has 0 saturated carbocycles. The second-order valence-electron chi connectivity index (χ2n) is 8.26. The molecule has 1 aromatic carbocycles. The number of esters is 1. The van der Waals surface area contributed by atoms with E-state index in [0.717, 1.165) is 42.9 Å². The smallest absolute Gasteiger partial charge is 0.331 e. The zero-order chi connectivity index (χ0) is 21.7. The third-order valence-corrected chi connectivity index (χ3v) is 5.62. The van der Waals surface area contributed by atoms with Crippen LogP contribution in [-0.4, -0.2) is 46.3 Å². The van der Waals surface area contributed by atoms with E-state index in [-0.39, 0.29) is 12.5 Å². The topological polar surface area (TPSA) is 64.4 Å². The average Bonchev–Trinajstić information content (AvgIpc) is 2.99. The van der Waals surface area contributed by atoms with E-state index in [4.69, 9.17) is 4.74 Å². The average molecular weight is 410 g/mol. The van der Waals surface area contributed by atoms with Crippen LogP contribution in [-0.2, 0) is 20.9 Å². The molecule has 0 spiro atoms. The van der Waals surface area contributed by atoms with Gasteiger partial charge in [-0.2, -0.15) is 5.10 Å². The highest BCUT2D eigenvalue weighted by Gasteiger charge is 2.21. The molecule has 1 unspecified atom stereocenters. The Balaban J connectivity index is 1.57. The molecule has 0 N–H and O–H groups in total. The first-order chi connectivity index (χ1) is 14.3. The molecule has 0 aliphatic carbocycles. The summed E-state index contributed by atoms with van der Waals surface area (Å²) in [5.41, 5.74) is 5.13. The molecule has 0 radical (unpaired) electrons. The number of nitrogens with zero attached hydrogens (tertiary/aromatic N) is 3. The van der Waals surface area contributed by atoms with E-state index in [0.29, 0.717) is 12.5 Å². The first-order valence-corrected chi connectivity index (χ1v) is 10.6. The second kappa shape index (κ2) is 9.74. The summed E-state index contributed by atoms with van der Waals surface area (Å²) in [5.74, 6) is -0.138. The lowest BCUT2D eigenvalue weighted by atomic mass is 10.0. The normalized spacial score (nSPS) is 16.8. The van der Waals surface area contributed by atoms with Gasteiger partial charge in [-0.1, -0.05) is 36.8 Å². The molecule has 1 aliphatic rings. The number of aromatic nitrogens is 2. The number of benzene rings is 1. The van der Waals surface area contributed by atoms with Crippen LogP contribution in [0.1, 0.15) is 47.8 Å². The first-order valence-electron chi connectivity index (χ1n) is 10.6. The number of ether oxygens (including phenoxy) is 1. The van der Waals surface area contributed by atoms with Gasteiger partial charge in [0, 0.05) is 30.4 Å². The Labute approximate surface area is 178 Å². The lowest BCUT2D eigenvalue weighted by Crippen LogP contribution is -2.41. The van der Waals surface area contributed by atoms with Crippen LogP contribution >= 0.6 is 0 Å². The molecule has 2 heterocycles. The summed E-state index contributed by atoms with van der Waals surface area (Å²) in [5, 5.41) is 4.60. The van der Waals surface area contributed by atoms with Crippen LogP contribution in [0, 0.1) is 26.7 Å². The van der Waals surface area contributed by atoms with E-state index in [1.54, 1.807) is 11.0 Å². The highest BCUT2D eigenvalue weighted by Crippen LogP contribution is 2.17. The molecule has 1 aliphatic heterocycles. The van der Waals surface area contributed by atoms with E-state index in [1.165, 1.54) is 17.2 Å². The summed E-state index contributed by atoms with van der Waals surface area (Å²) in [7, 11) is 0. The number of carbonyl (C=O) groups excluding carboxylic acids is 2. The van der Waals surface area contributed by atoms with Crippen molar-refractivity contribution < 1.29 is 14.3 Å². The molecule has 160 valence electrons. The van der Waals surface area contributed by atoms with Gasteiger partial charge < -0.3 is 9.64 Å². The van der Waals surface area contributed by atoms with Crippen LogP contribution in [0.2, 0.25) is 0 Å². The van der Waals surface area contributed by atoms with Crippen molar-refractivity contribution in [3.05, 3.63) is 58.4 Å². The predicted octanol–water partition coefficient (Wildman–Crippen LogP) is 3.67. The zero-order valence-electron chi connectivity index (χ0n) is 18.4. The maximum Gasteiger partial charge on any atom is 0.331 e. The molecule has 1 atom stereocenters. The number of piperidine rings is 1. The first kappa shape index (κ1) is 21.8. The van der Waals surface area contributed by atoms with Crippen molar-refractivity contribution in [2.75, 3.05) is 19.7 Å². The largest absolute Gasteiger partial charge is 0.452 e. The number of rotatable bonds is 6. The SMILES string of the molecule is Cc1ccc(Cn2nc(C)c(/C=C/C(=O)OCC(=O)N3CCCC(C)C3)c2C)cc1. The summed E-state index contributed by atoms with van der Waals surface area (Å²) in [6, 6.07) is 8.37. The quantitative estimate of drug-likeness (QED) is 0.539.